The molecule has 0 aliphatic carbocycles. The van der Waals surface area contributed by atoms with Crippen molar-refractivity contribution >= 4 is 33.3 Å². The molecule has 4 nitrogen and oxygen atoms in total. The summed E-state index contributed by atoms with van der Waals surface area (Å²) in [5.74, 6) is 0.613. The molecule has 1 atom stereocenters. The van der Waals surface area contributed by atoms with Crippen molar-refractivity contribution in [3.63, 3.8) is 0 Å². The zero-order valence-corrected chi connectivity index (χ0v) is 11.8. The molecule has 1 saturated heterocycles. The van der Waals surface area contributed by atoms with Crippen LogP contribution in [0.5, 0.6) is 0 Å². The third-order valence-electron chi connectivity index (χ3n) is 3.11. The summed E-state index contributed by atoms with van der Waals surface area (Å²) in [6, 6.07) is 0.365. The van der Waals surface area contributed by atoms with Gasteiger partial charge in [0.1, 0.15) is 5.02 Å². The fourth-order valence-corrected chi connectivity index (χ4v) is 3.08. The molecule has 1 fully saturated rings. The fourth-order valence-electron chi connectivity index (χ4n) is 2.19. The number of aromatic nitrogens is 2. The molecule has 1 N–H and O–H groups in total. The van der Waals surface area contributed by atoms with Gasteiger partial charge in [0, 0.05) is 17.9 Å². The lowest BCUT2D eigenvalue weighted by atomic mass is 10.1. The largest absolute Gasteiger partial charge is 0.351 e. The van der Waals surface area contributed by atoms with Crippen LogP contribution in [-0.2, 0) is 0 Å². The Kier molecular flexibility index (Phi) is 4.45. The average Bonchev–Trinajstić information content (AvgIpc) is 2.57. The monoisotopic (exact) mass is 319 g/mol. The van der Waals surface area contributed by atoms with Crippen LogP contribution in [0.1, 0.15) is 25.7 Å². The maximum Gasteiger partial charge on any atom is 0.271 e. The van der Waals surface area contributed by atoms with Gasteiger partial charge in [0.25, 0.3) is 5.56 Å². The lowest BCUT2D eigenvalue weighted by Gasteiger charge is -2.30. The number of hydrogen-bond donors (Lipinski definition) is 1. The molecule has 1 aliphatic heterocycles. The van der Waals surface area contributed by atoms with Gasteiger partial charge in [-0.1, -0.05) is 40.4 Å². The minimum Gasteiger partial charge on any atom is -0.351 e. The van der Waals surface area contributed by atoms with E-state index in [1.165, 1.54) is 19.2 Å². The van der Waals surface area contributed by atoms with E-state index < -0.39 is 0 Å². The van der Waals surface area contributed by atoms with E-state index in [1.54, 1.807) is 0 Å². The lowest BCUT2D eigenvalue weighted by Crippen LogP contribution is -2.37. The van der Waals surface area contributed by atoms with E-state index in [9.17, 15) is 4.79 Å². The standard InChI is InChI=1S/C11H15BrClN3O/c12-6-8-4-2-1-3-5-16(8)10-9(13)11(17)15-7-14-10/h7-8H,1-6H2,(H,14,15,17). The second-order valence-electron chi connectivity index (χ2n) is 4.22. The van der Waals surface area contributed by atoms with Gasteiger partial charge in [-0.05, 0) is 12.8 Å². The third kappa shape index (κ3) is 2.83. The van der Waals surface area contributed by atoms with Crippen LogP contribution in [0.15, 0.2) is 11.1 Å². The number of hydrogen-bond acceptors (Lipinski definition) is 3. The highest BCUT2D eigenvalue weighted by Gasteiger charge is 2.23. The number of alkyl halides is 1. The van der Waals surface area contributed by atoms with Crippen molar-refractivity contribution in [3.8, 4) is 0 Å². The van der Waals surface area contributed by atoms with Gasteiger partial charge in [0.2, 0.25) is 0 Å². The second kappa shape index (κ2) is 5.87. The molecule has 0 spiro atoms. The van der Waals surface area contributed by atoms with Crippen LogP contribution in [0, 0.1) is 0 Å². The Morgan fingerprint density at radius 1 is 1.53 bits per heavy atom. The summed E-state index contributed by atoms with van der Waals surface area (Å²) in [4.78, 5) is 20.4. The number of rotatable bonds is 2. The smallest absolute Gasteiger partial charge is 0.271 e. The normalized spacial score (nSPS) is 21.3. The van der Waals surface area contributed by atoms with Gasteiger partial charge in [-0.3, -0.25) is 4.79 Å². The molecule has 0 radical (unpaired) electrons. The van der Waals surface area contributed by atoms with Gasteiger partial charge in [-0.2, -0.15) is 0 Å². The average molecular weight is 321 g/mol. The molecule has 1 aromatic heterocycles. The Morgan fingerprint density at radius 2 is 2.35 bits per heavy atom. The van der Waals surface area contributed by atoms with Crippen LogP contribution in [0.25, 0.3) is 0 Å². The SMILES string of the molecule is O=c1[nH]cnc(N2CCCCCC2CBr)c1Cl. The topological polar surface area (TPSA) is 49.0 Å². The van der Waals surface area contributed by atoms with Gasteiger partial charge in [0.05, 0.1) is 6.33 Å². The van der Waals surface area contributed by atoms with Crippen molar-refractivity contribution in [1.29, 1.82) is 0 Å². The van der Waals surface area contributed by atoms with Crippen molar-refractivity contribution < 1.29 is 0 Å². The highest BCUT2D eigenvalue weighted by Crippen LogP contribution is 2.26. The predicted octanol–water partition coefficient (Wildman–Crippen LogP) is 2.57. The van der Waals surface area contributed by atoms with Gasteiger partial charge in [-0.15, -0.1) is 0 Å². The summed E-state index contributed by atoms with van der Waals surface area (Å²) in [7, 11) is 0. The molecule has 2 rings (SSSR count). The molecular formula is C11H15BrClN3O. The Labute approximate surface area is 114 Å². The first-order valence-electron chi connectivity index (χ1n) is 5.80. The lowest BCUT2D eigenvalue weighted by molar-refractivity contribution is 0.620. The van der Waals surface area contributed by atoms with Crippen LogP contribution < -0.4 is 10.5 Å². The van der Waals surface area contributed by atoms with Crippen molar-refractivity contribution in [2.75, 3.05) is 16.8 Å². The summed E-state index contributed by atoms with van der Waals surface area (Å²) in [6.45, 7) is 0.909. The molecule has 0 aromatic carbocycles. The fraction of sp³-hybridized carbons (Fsp3) is 0.636. The highest BCUT2D eigenvalue weighted by molar-refractivity contribution is 9.09. The minimum absolute atomic E-state index is 0.195. The van der Waals surface area contributed by atoms with E-state index in [0.717, 1.165) is 24.7 Å². The van der Waals surface area contributed by atoms with E-state index in [-0.39, 0.29) is 10.6 Å². The molecule has 17 heavy (non-hydrogen) atoms. The van der Waals surface area contributed by atoms with Crippen LogP contribution >= 0.6 is 27.5 Å². The van der Waals surface area contributed by atoms with Crippen LogP contribution in [0.4, 0.5) is 5.82 Å². The van der Waals surface area contributed by atoms with Gasteiger partial charge in [-0.25, -0.2) is 4.98 Å². The Balaban J connectivity index is 2.35. The Morgan fingerprint density at radius 3 is 3.12 bits per heavy atom. The van der Waals surface area contributed by atoms with E-state index in [4.69, 9.17) is 11.6 Å². The summed E-state index contributed by atoms with van der Waals surface area (Å²) < 4.78 is 0. The molecule has 1 unspecified atom stereocenters. The highest BCUT2D eigenvalue weighted by atomic mass is 79.9. The molecule has 1 aromatic rings. The molecule has 2 heterocycles. The zero-order chi connectivity index (χ0) is 12.3. The Bertz CT molecular complexity index is 437. The third-order valence-corrected chi connectivity index (χ3v) is 4.19. The molecule has 0 bridgehead atoms. The summed E-state index contributed by atoms with van der Waals surface area (Å²) in [5, 5.41) is 1.07. The molecule has 0 amide bonds. The van der Waals surface area contributed by atoms with Crippen LogP contribution in [0.3, 0.4) is 0 Å². The van der Waals surface area contributed by atoms with Gasteiger partial charge < -0.3 is 9.88 Å². The minimum atomic E-state index is -0.269. The number of H-pyrrole nitrogens is 1. The maximum absolute atomic E-state index is 11.5. The first-order valence-corrected chi connectivity index (χ1v) is 7.29. The molecule has 6 heteroatoms. The molecule has 0 saturated carbocycles. The molecule has 94 valence electrons. The Hall–Kier alpha value is -0.550. The number of anilines is 1. The van der Waals surface area contributed by atoms with Crippen LogP contribution in [0.2, 0.25) is 5.02 Å². The molecular weight excluding hydrogens is 305 g/mol. The second-order valence-corrected chi connectivity index (χ2v) is 5.25. The number of halogens is 2. The van der Waals surface area contributed by atoms with Crippen molar-refractivity contribution in [3.05, 3.63) is 21.7 Å². The number of aromatic amines is 1. The molecule has 1 aliphatic rings. The van der Waals surface area contributed by atoms with Crippen molar-refractivity contribution in [2.45, 2.75) is 31.7 Å². The summed E-state index contributed by atoms with van der Waals surface area (Å²) in [5.41, 5.74) is -0.269. The summed E-state index contributed by atoms with van der Waals surface area (Å²) in [6.07, 6.45) is 6.08. The zero-order valence-electron chi connectivity index (χ0n) is 9.46. The summed E-state index contributed by atoms with van der Waals surface area (Å²) >= 11 is 9.57. The predicted molar refractivity (Wildman–Crippen MR) is 73.3 cm³/mol. The van der Waals surface area contributed by atoms with Crippen molar-refractivity contribution in [2.24, 2.45) is 0 Å². The van der Waals surface area contributed by atoms with Gasteiger partial charge in [0.15, 0.2) is 5.82 Å². The van der Waals surface area contributed by atoms with Crippen molar-refractivity contribution in [1.82, 2.24) is 9.97 Å². The first kappa shape index (κ1) is 12.9. The van der Waals surface area contributed by atoms with Crippen LogP contribution in [-0.4, -0.2) is 27.9 Å². The van der Waals surface area contributed by atoms with E-state index in [0.29, 0.717) is 11.9 Å². The quantitative estimate of drug-likeness (QED) is 0.852. The van der Waals surface area contributed by atoms with Gasteiger partial charge >= 0.3 is 0 Å². The van der Waals surface area contributed by atoms with E-state index in [1.807, 2.05) is 0 Å². The number of nitrogens with zero attached hydrogens (tertiary/aromatic N) is 2. The first-order chi connectivity index (χ1) is 8.24. The maximum atomic E-state index is 11.5. The van der Waals surface area contributed by atoms with E-state index >= 15 is 0 Å². The number of nitrogens with one attached hydrogen (secondary N) is 1. The van der Waals surface area contributed by atoms with E-state index in [2.05, 4.69) is 30.8 Å².